The van der Waals surface area contributed by atoms with Crippen molar-refractivity contribution < 1.29 is 14.1 Å². The summed E-state index contributed by atoms with van der Waals surface area (Å²) in [6.07, 6.45) is 3.60. The molecule has 7 nitrogen and oxygen atoms in total. The molecule has 158 valence electrons. The normalized spacial score (nSPS) is 18.8. The van der Waals surface area contributed by atoms with Gasteiger partial charge in [-0.2, -0.15) is 4.98 Å². The Bertz CT molecular complexity index is 1090. The van der Waals surface area contributed by atoms with Crippen LogP contribution in [-0.4, -0.2) is 28.5 Å². The Labute approximate surface area is 180 Å². The van der Waals surface area contributed by atoms with Gasteiger partial charge in [0.25, 0.3) is 0 Å². The molecule has 1 aromatic heterocycles. The number of hydrogen-bond donors (Lipinski definition) is 1. The van der Waals surface area contributed by atoms with Crippen LogP contribution < -0.4 is 10.2 Å². The van der Waals surface area contributed by atoms with Gasteiger partial charge in [0.05, 0.1) is 5.92 Å². The van der Waals surface area contributed by atoms with Crippen molar-refractivity contribution in [3.8, 4) is 11.4 Å². The maximum absolute atomic E-state index is 12.6. The van der Waals surface area contributed by atoms with E-state index in [9.17, 15) is 9.59 Å². The average Bonchev–Trinajstić information content (AvgIpc) is 3.39. The van der Waals surface area contributed by atoms with Crippen molar-refractivity contribution >= 4 is 17.5 Å². The van der Waals surface area contributed by atoms with Crippen LogP contribution in [0.2, 0.25) is 0 Å². The first-order chi connectivity index (χ1) is 15.2. The van der Waals surface area contributed by atoms with E-state index in [1.165, 1.54) is 6.42 Å². The van der Waals surface area contributed by atoms with Gasteiger partial charge < -0.3 is 14.7 Å². The summed E-state index contributed by atoms with van der Waals surface area (Å²) < 4.78 is 5.43. The molecule has 3 aromatic rings. The molecule has 2 aliphatic rings. The maximum atomic E-state index is 12.6. The topological polar surface area (TPSA) is 88.3 Å². The van der Waals surface area contributed by atoms with Gasteiger partial charge in [0.15, 0.2) is 0 Å². The number of aromatic nitrogens is 2. The van der Waals surface area contributed by atoms with E-state index in [4.69, 9.17) is 4.52 Å². The van der Waals surface area contributed by atoms with Crippen LogP contribution in [0, 0.1) is 5.92 Å². The van der Waals surface area contributed by atoms with E-state index < -0.39 is 0 Å². The van der Waals surface area contributed by atoms with Gasteiger partial charge in [0.1, 0.15) is 0 Å². The summed E-state index contributed by atoms with van der Waals surface area (Å²) in [7, 11) is 0. The minimum Gasteiger partial charge on any atom is -0.352 e. The summed E-state index contributed by atoms with van der Waals surface area (Å²) in [6.45, 7) is 0.823. The molecule has 0 spiro atoms. The summed E-state index contributed by atoms with van der Waals surface area (Å²) in [4.78, 5) is 31.5. The molecule has 1 aliphatic carbocycles. The minimum absolute atomic E-state index is 0.0553. The second-order valence-electron chi connectivity index (χ2n) is 8.24. The Morgan fingerprint density at radius 1 is 1.13 bits per heavy atom. The van der Waals surface area contributed by atoms with Crippen molar-refractivity contribution in [2.45, 2.75) is 38.1 Å². The van der Waals surface area contributed by atoms with E-state index in [0.717, 1.165) is 29.7 Å². The van der Waals surface area contributed by atoms with Gasteiger partial charge in [-0.15, -0.1) is 0 Å². The molecule has 0 radical (unpaired) electrons. The predicted octanol–water partition coefficient (Wildman–Crippen LogP) is 3.67. The van der Waals surface area contributed by atoms with E-state index >= 15 is 0 Å². The van der Waals surface area contributed by atoms with Gasteiger partial charge in [-0.05, 0) is 30.5 Å². The third-order valence-corrected chi connectivity index (χ3v) is 6.12. The Morgan fingerprint density at radius 2 is 1.97 bits per heavy atom. The van der Waals surface area contributed by atoms with Crippen LogP contribution in [-0.2, 0) is 16.1 Å². The molecule has 1 N–H and O–H groups in total. The van der Waals surface area contributed by atoms with Crippen LogP contribution in [0.25, 0.3) is 11.4 Å². The highest BCUT2D eigenvalue weighted by molar-refractivity contribution is 6.00. The number of anilines is 1. The maximum Gasteiger partial charge on any atom is 0.230 e. The molecule has 31 heavy (non-hydrogen) atoms. The second-order valence-corrected chi connectivity index (χ2v) is 8.24. The van der Waals surface area contributed by atoms with Crippen molar-refractivity contribution in [3.63, 3.8) is 0 Å². The third kappa shape index (κ3) is 4.08. The first-order valence-corrected chi connectivity index (χ1v) is 10.7. The molecule has 2 aromatic carbocycles. The number of amides is 2. The molecular weight excluding hydrogens is 392 g/mol. The fraction of sp³-hybridized carbons (Fsp3) is 0.333. The van der Waals surface area contributed by atoms with E-state index in [0.29, 0.717) is 30.7 Å². The van der Waals surface area contributed by atoms with Crippen LogP contribution in [0.5, 0.6) is 0 Å². The second kappa shape index (κ2) is 8.34. The van der Waals surface area contributed by atoms with Crippen LogP contribution in [0.15, 0.2) is 59.1 Å². The van der Waals surface area contributed by atoms with Crippen molar-refractivity contribution in [2.24, 2.45) is 5.92 Å². The lowest BCUT2D eigenvalue weighted by Gasteiger charge is -2.20. The number of nitrogens with zero attached hydrogens (tertiary/aromatic N) is 3. The number of nitrogens with one attached hydrogen (secondary N) is 1. The Hall–Kier alpha value is -3.48. The molecule has 1 aliphatic heterocycles. The summed E-state index contributed by atoms with van der Waals surface area (Å²) in [5.41, 5.74) is 2.58. The molecule has 1 unspecified atom stereocenters. The molecular formula is C24H24N4O3. The SMILES string of the molecule is O=C(NCc1ccccc1)C1CC(=O)N(c2cccc(-c3noc(C4CCC4)n3)c2)C1. The highest BCUT2D eigenvalue weighted by atomic mass is 16.5. The smallest absolute Gasteiger partial charge is 0.230 e. The zero-order chi connectivity index (χ0) is 21.2. The van der Waals surface area contributed by atoms with Gasteiger partial charge in [-0.25, -0.2) is 0 Å². The van der Waals surface area contributed by atoms with Crippen LogP contribution in [0.4, 0.5) is 5.69 Å². The number of benzene rings is 2. The molecule has 0 bridgehead atoms. The molecule has 1 saturated carbocycles. The van der Waals surface area contributed by atoms with Gasteiger partial charge in [-0.1, -0.05) is 54.0 Å². The van der Waals surface area contributed by atoms with Crippen LogP contribution in [0.1, 0.15) is 43.1 Å². The van der Waals surface area contributed by atoms with Crippen molar-refractivity contribution in [2.75, 3.05) is 11.4 Å². The van der Waals surface area contributed by atoms with Crippen LogP contribution >= 0.6 is 0 Å². The summed E-state index contributed by atoms with van der Waals surface area (Å²) in [6, 6.07) is 17.3. The van der Waals surface area contributed by atoms with Gasteiger partial charge in [0, 0.05) is 36.7 Å². The lowest BCUT2D eigenvalue weighted by molar-refractivity contribution is -0.126. The zero-order valence-corrected chi connectivity index (χ0v) is 17.2. The lowest BCUT2D eigenvalue weighted by Crippen LogP contribution is -2.32. The first kappa shape index (κ1) is 19.5. The largest absolute Gasteiger partial charge is 0.352 e. The van der Waals surface area contributed by atoms with Gasteiger partial charge in [0.2, 0.25) is 23.5 Å². The monoisotopic (exact) mass is 416 g/mol. The molecule has 1 atom stereocenters. The average molecular weight is 416 g/mol. The molecule has 2 heterocycles. The molecule has 1 saturated heterocycles. The molecule has 5 rings (SSSR count). The Balaban J connectivity index is 1.26. The number of rotatable bonds is 6. The standard InChI is InChI=1S/C24H24N4O3/c29-21-13-19(23(30)25-14-16-6-2-1-3-7-16)15-28(21)20-11-5-10-18(12-20)22-26-24(31-27-22)17-8-4-9-17/h1-3,5-7,10-12,17,19H,4,8-9,13-15H2,(H,25,30). The van der Waals surface area contributed by atoms with Crippen molar-refractivity contribution in [1.82, 2.24) is 15.5 Å². The van der Waals surface area contributed by atoms with E-state index in [-0.39, 0.29) is 24.2 Å². The van der Waals surface area contributed by atoms with Gasteiger partial charge in [-0.3, -0.25) is 9.59 Å². The third-order valence-electron chi connectivity index (χ3n) is 6.12. The Morgan fingerprint density at radius 3 is 2.74 bits per heavy atom. The summed E-state index contributed by atoms with van der Waals surface area (Å²) >= 11 is 0. The van der Waals surface area contributed by atoms with Crippen molar-refractivity contribution in [1.29, 1.82) is 0 Å². The lowest BCUT2D eigenvalue weighted by atomic mass is 9.85. The molecule has 2 amide bonds. The molecule has 7 heteroatoms. The highest BCUT2D eigenvalue weighted by Gasteiger charge is 2.35. The molecule has 2 fully saturated rings. The highest BCUT2D eigenvalue weighted by Crippen LogP contribution is 2.36. The first-order valence-electron chi connectivity index (χ1n) is 10.7. The Kier molecular flexibility index (Phi) is 5.24. The van der Waals surface area contributed by atoms with E-state index in [2.05, 4.69) is 15.5 Å². The zero-order valence-electron chi connectivity index (χ0n) is 17.2. The minimum atomic E-state index is -0.365. The number of hydrogen-bond acceptors (Lipinski definition) is 5. The number of carbonyl (C=O) groups excluding carboxylic acids is 2. The van der Waals surface area contributed by atoms with E-state index in [1.54, 1.807) is 4.90 Å². The predicted molar refractivity (Wildman–Crippen MR) is 115 cm³/mol. The van der Waals surface area contributed by atoms with E-state index in [1.807, 2.05) is 54.6 Å². The summed E-state index contributed by atoms with van der Waals surface area (Å²) in [5, 5.41) is 7.06. The summed E-state index contributed by atoms with van der Waals surface area (Å²) in [5.74, 6) is 1.08. The fourth-order valence-corrected chi connectivity index (χ4v) is 4.05. The van der Waals surface area contributed by atoms with Crippen LogP contribution in [0.3, 0.4) is 0 Å². The quantitative estimate of drug-likeness (QED) is 0.662. The fourth-order valence-electron chi connectivity index (χ4n) is 4.05. The van der Waals surface area contributed by atoms with Crippen molar-refractivity contribution in [3.05, 3.63) is 66.1 Å². The number of carbonyl (C=O) groups is 2. The van der Waals surface area contributed by atoms with Gasteiger partial charge >= 0.3 is 0 Å².